The van der Waals surface area contributed by atoms with Crippen LogP contribution >= 0.6 is 0 Å². The Bertz CT molecular complexity index is 1280. The summed E-state index contributed by atoms with van der Waals surface area (Å²) in [6.45, 7) is 9.15. The van der Waals surface area contributed by atoms with Crippen LogP contribution in [0.4, 0.5) is 0 Å². The van der Waals surface area contributed by atoms with Crippen LogP contribution in [0.1, 0.15) is 90.5 Å². The zero-order valence-corrected chi connectivity index (χ0v) is 28.0. The Morgan fingerprint density at radius 3 is 2.10 bits per heavy atom. The first-order valence-corrected chi connectivity index (χ1v) is 16.7. The maximum absolute atomic E-state index is 12.9. The first-order chi connectivity index (χ1) is 22.7. The summed E-state index contributed by atoms with van der Waals surface area (Å²) in [6.07, 6.45) is -0.175. The number of esters is 1. The predicted octanol–water partition coefficient (Wildman–Crippen LogP) is 3.87. The van der Waals surface area contributed by atoms with Crippen molar-refractivity contribution in [2.45, 2.75) is 133 Å². The molecule has 1 aromatic carbocycles. The van der Waals surface area contributed by atoms with Crippen LogP contribution in [0.15, 0.2) is 42.5 Å². The SMILES string of the molecule is C=C(CCC12OC(C(=O)O)C(O)(C(=O)O)C(C(=O)O)(O1)[C@H](OCCCCCCCCCC)[C@H]2O)[C@@H](OC(C)=O)[C@H](C)Cc1ccccc1. The minimum atomic E-state index is -3.70. The van der Waals surface area contributed by atoms with Crippen LogP contribution in [0.2, 0.25) is 0 Å². The summed E-state index contributed by atoms with van der Waals surface area (Å²) >= 11 is 0. The molecule has 2 fully saturated rings. The second-order valence-electron chi connectivity index (χ2n) is 12.9. The van der Waals surface area contributed by atoms with Gasteiger partial charge in [-0.3, -0.25) is 4.79 Å². The number of carbonyl (C=O) groups is 4. The summed E-state index contributed by atoms with van der Waals surface area (Å²) in [5.41, 5.74) is -5.66. The van der Waals surface area contributed by atoms with E-state index in [-0.39, 0.29) is 18.9 Å². The van der Waals surface area contributed by atoms with Crippen LogP contribution in [0.5, 0.6) is 0 Å². The van der Waals surface area contributed by atoms with Gasteiger partial charge in [0.1, 0.15) is 18.3 Å². The van der Waals surface area contributed by atoms with Crippen LogP contribution in [0.3, 0.4) is 0 Å². The zero-order valence-electron chi connectivity index (χ0n) is 28.0. The smallest absolute Gasteiger partial charge is 0.343 e. The van der Waals surface area contributed by atoms with E-state index in [0.29, 0.717) is 24.8 Å². The van der Waals surface area contributed by atoms with Gasteiger partial charge in [0.25, 0.3) is 0 Å². The molecular weight excluding hydrogens is 628 g/mol. The molecule has 2 bridgehead atoms. The molecule has 268 valence electrons. The number of benzene rings is 1. The number of aliphatic hydroxyl groups is 2. The van der Waals surface area contributed by atoms with Gasteiger partial charge in [-0.05, 0) is 30.4 Å². The molecule has 13 nitrogen and oxygen atoms in total. The van der Waals surface area contributed by atoms with Crippen molar-refractivity contribution < 1.29 is 63.7 Å². The van der Waals surface area contributed by atoms with E-state index in [9.17, 15) is 44.7 Å². The van der Waals surface area contributed by atoms with Gasteiger partial charge in [-0.2, -0.15) is 0 Å². The van der Waals surface area contributed by atoms with Crippen LogP contribution in [0.25, 0.3) is 0 Å². The molecule has 0 saturated carbocycles. The predicted molar refractivity (Wildman–Crippen MR) is 171 cm³/mol. The lowest BCUT2D eigenvalue weighted by Gasteiger charge is -2.49. The van der Waals surface area contributed by atoms with Crippen LogP contribution < -0.4 is 0 Å². The van der Waals surface area contributed by atoms with Crippen molar-refractivity contribution in [3.8, 4) is 0 Å². The number of carboxylic acids is 3. The van der Waals surface area contributed by atoms with E-state index in [1.165, 1.54) is 6.92 Å². The lowest BCUT2D eigenvalue weighted by atomic mass is 9.74. The number of carboxylic acid groups (broad SMARTS) is 3. The van der Waals surface area contributed by atoms with Gasteiger partial charge in [-0.1, -0.05) is 95.7 Å². The quantitative estimate of drug-likeness (QED) is 0.0712. The average Bonchev–Trinajstić information content (AvgIpc) is 3.25. The second-order valence-corrected chi connectivity index (χ2v) is 12.9. The third-order valence-corrected chi connectivity index (χ3v) is 9.31. The van der Waals surface area contributed by atoms with E-state index in [2.05, 4.69) is 13.5 Å². The molecule has 5 N–H and O–H groups in total. The lowest BCUT2D eigenvalue weighted by Crippen LogP contribution is -2.78. The first-order valence-electron chi connectivity index (χ1n) is 16.7. The third kappa shape index (κ3) is 8.08. The number of aliphatic hydroxyl groups excluding tert-OH is 1. The van der Waals surface area contributed by atoms with Gasteiger partial charge in [0.05, 0.1) is 0 Å². The number of hydrogen-bond donors (Lipinski definition) is 5. The Balaban J connectivity index is 1.88. The molecule has 0 aromatic heterocycles. The Kier molecular flexibility index (Phi) is 13.7. The third-order valence-electron chi connectivity index (χ3n) is 9.31. The highest BCUT2D eigenvalue weighted by Crippen LogP contribution is 2.55. The largest absolute Gasteiger partial charge is 0.479 e. The maximum Gasteiger partial charge on any atom is 0.343 e. The van der Waals surface area contributed by atoms with Crippen LogP contribution in [0, 0.1) is 5.92 Å². The normalized spacial score (nSPS) is 29.1. The van der Waals surface area contributed by atoms with E-state index >= 15 is 0 Å². The highest BCUT2D eigenvalue weighted by molar-refractivity contribution is 5.97. The minimum Gasteiger partial charge on any atom is -0.479 e. The summed E-state index contributed by atoms with van der Waals surface area (Å²) in [7, 11) is 0. The molecule has 4 unspecified atom stereocenters. The maximum atomic E-state index is 12.9. The van der Waals surface area contributed by atoms with Crippen molar-refractivity contribution in [3.63, 3.8) is 0 Å². The Labute approximate surface area is 280 Å². The summed E-state index contributed by atoms with van der Waals surface area (Å²) < 4.78 is 22.8. The van der Waals surface area contributed by atoms with Crippen molar-refractivity contribution in [3.05, 3.63) is 48.0 Å². The summed E-state index contributed by atoms with van der Waals surface area (Å²) in [6, 6.07) is 9.43. The van der Waals surface area contributed by atoms with Crippen molar-refractivity contribution in [2.75, 3.05) is 6.61 Å². The van der Waals surface area contributed by atoms with Crippen LogP contribution in [-0.2, 0) is 44.5 Å². The van der Waals surface area contributed by atoms with Gasteiger partial charge in [-0.25, -0.2) is 14.4 Å². The van der Waals surface area contributed by atoms with Gasteiger partial charge < -0.3 is 44.5 Å². The van der Waals surface area contributed by atoms with Gasteiger partial charge in [-0.15, -0.1) is 0 Å². The fourth-order valence-corrected chi connectivity index (χ4v) is 6.80. The number of unbranched alkanes of at least 4 members (excludes halogenated alkanes) is 7. The second kappa shape index (κ2) is 16.8. The van der Waals surface area contributed by atoms with E-state index in [0.717, 1.165) is 44.1 Å². The Hall–Kier alpha value is -3.36. The Morgan fingerprint density at radius 2 is 1.56 bits per heavy atom. The molecule has 0 radical (unpaired) electrons. The number of carbonyl (C=O) groups excluding carboxylic acids is 1. The molecule has 0 amide bonds. The van der Waals surface area contributed by atoms with Crippen molar-refractivity contribution >= 4 is 23.9 Å². The molecule has 3 rings (SSSR count). The fraction of sp³-hybridized carbons (Fsp3) is 0.657. The molecule has 8 atom stereocenters. The monoisotopic (exact) mass is 678 g/mol. The van der Waals surface area contributed by atoms with E-state index < -0.39 is 71.7 Å². The molecule has 1 aromatic rings. The number of fused-ring (bicyclic) bond motifs is 2. The highest BCUT2D eigenvalue weighted by Gasteiger charge is 2.85. The van der Waals surface area contributed by atoms with Crippen molar-refractivity contribution in [1.29, 1.82) is 0 Å². The van der Waals surface area contributed by atoms with Crippen molar-refractivity contribution in [2.24, 2.45) is 5.92 Å². The molecule has 48 heavy (non-hydrogen) atoms. The number of hydrogen-bond acceptors (Lipinski definition) is 10. The van der Waals surface area contributed by atoms with E-state index in [1.807, 2.05) is 37.3 Å². The van der Waals surface area contributed by atoms with Crippen molar-refractivity contribution in [1.82, 2.24) is 0 Å². The Morgan fingerprint density at radius 1 is 0.958 bits per heavy atom. The number of rotatable bonds is 21. The zero-order chi connectivity index (χ0) is 35.7. The number of aliphatic carboxylic acids is 3. The van der Waals surface area contributed by atoms with Crippen LogP contribution in [-0.4, -0.2) is 97.4 Å². The molecule has 0 spiro atoms. The highest BCUT2D eigenvalue weighted by atomic mass is 16.8. The van der Waals surface area contributed by atoms with Gasteiger partial charge in [0.2, 0.25) is 17.3 Å². The topological polar surface area (TPSA) is 206 Å². The fourth-order valence-electron chi connectivity index (χ4n) is 6.80. The minimum absolute atomic E-state index is 0.128. The molecular formula is C35H50O13. The van der Waals surface area contributed by atoms with Gasteiger partial charge in [0, 0.05) is 25.9 Å². The number of ether oxygens (including phenoxy) is 4. The molecule has 13 heteroatoms. The summed E-state index contributed by atoms with van der Waals surface area (Å²) in [5, 5.41) is 53.6. The van der Waals surface area contributed by atoms with E-state index in [4.69, 9.17) is 18.9 Å². The lowest BCUT2D eigenvalue weighted by molar-refractivity contribution is -0.374. The summed E-state index contributed by atoms with van der Waals surface area (Å²) in [4.78, 5) is 49.9. The summed E-state index contributed by atoms with van der Waals surface area (Å²) in [5.74, 6) is -9.58. The average molecular weight is 679 g/mol. The standard InChI is InChI=1S/C35H50O13/c1-5-6-7-8-9-10-11-15-20-45-28-27(37)33(47-29(30(38)39)34(44,31(40)41)35(28,48-33)32(42)43)19-18-22(2)26(46-24(4)36)23(3)21-25-16-13-12-14-17-25/h12-14,16-17,23,26-29,37,44H,2,5-11,15,18-21H2,1,3-4H3,(H,38,39)(H,40,41)(H,42,43)/t23-,26-,27-,28-,29?,33?,34?,35?/m1/s1. The molecule has 2 aliphatic heterocycles. The molecule has 0 aliphatic carbocycles. The van der Waals surface area contributed by atoms with E-state index in [1.54, 1.807) is 0 Å². The van der Waals surface area contributed by atoms with Gasteiger partial charge in [0.15, 0.2) is 5.79 Å². The molecule has 2 aliphatic rings. The molecule has 2 saturated heterocycles. The van der Waals surface area contributed by atoms with Gasteiger partial charge >= 0.3 is 23.9 Å². The molecule has 2 heterocycles. The first kappa shape index (κ1) is 39.1.